The second kappa shape index (κ2) is 7.51. The third kappa shape index (κ3) is 3.85. The molecule has 1 aliphatic carbocycles. The van der Waals surface area contributed by atoms with Crippen molar-refractivity contribution in [1.29, 1.82) is 0 Å². The average molecular weight is 377 g/mol. The predicted octanol–water partition coefficient (Wildman–Crippen LogP) is 1.47. The van der Waals surface area contributed by atoms with Crippen molar-refractivity contribution in [2.24, 2.45) is 4.99 Å². The van der Waals surface area contributed by atoms with E-state index in [-0.39, 0.29) is 30.2 Å². The first kappa shape index (κ1) is 17.7. The minimum absolute atomic E-state index is 0.000794. The molecule has 8 nitrogen and oxygen atoms in total. The van der Waals surface area contributed by atoms with E-state index in [0.717, 1.165) is 12.8 Å². The van der Waals surface area contributed by atoms with Crippen LogP contribution in [0.25, 0.3) is 0 Å². The van der Waals surface area contributed by atoms with Crippen molar-refractivity contribution in [3.8, 4) is 0 Å². The number of nitrogens with one attached hydrogen (secondary N) is 3. The summed E-state index contributed by atoms with van der Waals surface area (Å²) in [6.07, 6.45) is 1.95. The number of nitrogens with zero attached hydrogens (tertiary/aromatic N) is 2. The lowest BCUT2D eigenvalue weighted by Crippen LogP contribution is -2.54. The van der Waals surface area contributed by atoms with E-state index in [1.165, 1.54) is 5.01 Å². The smallest absolute Gasteiger partial charge is 0.292 e. The molecule has 0 unspecified atom stereocenters. The van der Waals surface area contributed by atoms with Gasteiger partial charge in [-0.1, -0.05) is 30.3 Å². The molecule has 2 aromatic rings. The van der Waals surface area contributed by atoms with Crippen molar-refractivity contribution in [2.45, 2.75) is 18.9 Å². The third-order valence-electron chi connectivity index (χ3n) is 4.40. The van der Waals surface area contributed by atoms with Crippen molar-refractivity contribution in [3.05, 3.63) is 60.2 Å². The summed E-state index contributed by atoms with van der Waals surface area (Å²) in [5.41, 5.74) is 4.13. The number of aliphatic imine (C=N–C) groups is 1. The van der Waals surface area contributed by atoms with Gasteiger partial charge in [0.2, 0.25) is 5.84 Å². The van der Waals surface area contributed by atoms with Gasteiger partial charge < -0.3 is 10.6 Å². The second-order valence-corrected chi connectivity index (χ2v) is 6.59. The Labute approximate surface area is 161 Å². The lowest BCUT2D eigenvalue weighted by molar-refractivity contribution is -0.118. The highest BCUT2D eigenvalue weighted by Crippen LogP contribution is 2.21. The summed E-state index contributed by atoms with van der Waals surface area (Å²) in [5.74, 6) is -1.02. The second-order valence-electron chi connectivity index (χ2n) is 6.59. The molecule has 1 saturated carbocycles. The zero-order valence-electron chi connectivity index (χ0n) is 15.0. The fourth-order valence-electron chi connectivity index (χ4n) is 2.79. The molecule has 0 aromatic heterocycles. The van der Waals surface area contributed by atoms with E-state index in [1.807, 2.05) is 6.07 Å². The SMILES string of the molecule is O=C(Nc1ccccc1C(=O)NC1CC1)C1=NCC(=O)N(c2ccccc2)N1. The van der Waals surface area contributed by atoms with Gasteiger partial charge in [-0.15, -0.1) is 0 Å². The maximum Gasteiger partial charge on any atom is 0.292 e. The predicted molar refractivity (Wildman–Crippen MR) is 105 cm³/mol. The van der Waals surface area contributed by atoms with Crippen LogP contribution in [0.4, 0.5) is 11.4 Å². The van der Waals surface area contributed by atoms with Crippen LogP contribution in [0.3, 0.4) is 0 Å². The minimum Gasteiger partial charge on any atom is -0.349 e. The number of carbonyl (C=O) groups is 3. The van der Waals surface area contributed by atoms with E-state index < -0.39 is 5.91 Å². The molecule has 0 atom stereocenters. The Hall–Kier alpha value is -3.68. The molecule has 3 N–H and O–H groups in total. The maximum absolute atomic E-state index is 12.7. The number of carbonyl (C=O) groups excluding carboxylic acids is 3. The van der Waals surface area contributed by atoms with Crippen LogP contribution < -0.4 is 21.1 Å². The first-order valence-corrected chi connectivity index (χ1v) is 9.02. The monoisotopic (exact) mass is 377 g/mol. The lowest BCUT2D eigenvalue weighted by atomic mass is 10.1. The van der Waals surface area contributed by atoms with Gasteiger partial charge in [0.15, 0.2) is 0 Å². The minimum atomic E-state index is -0.528. The Morgan fingerprint density at radius 3 is 2.46 bits per heavy atom. The number of benzene rings is 2. The molecule has 0 saturated heterocycles. The normalized spacial score (nSPS) is 16.1. The number of rotatable bonds is 5. The highest BCUT2D eigenvalue weighted by atomic mass is 16.2. The van der Waals surface area contributed by atoms with Gasteiger partial charge in [-0.2, -0.15) is 0 Å². The Morgan fingerprint density at radius 1 is 1.00 bits per heavy atom. The van der Waals surface area contributed by atoms with Crippen LogP contribution >= 0.6 is 0 Å². The molecular formula is C20H19N5O3. The molecule has 3 amide bonds. The van der Waals surface area contributed by atoms with Crippen LogP contribution in [-0.4, -0.2) is 36.1 Å². The molecule has 0 radical (unpaired) electrons. The number of amidine groups is 1. The van der Waals surface area contributed by atoms with Gasteiger partial charge in [0, 0.05) is 6.04 Å². The summed E-state index contributed by atoms with van der Waals surface area (Å²) in [4.78, 5) is 41.2. The quantitative estimate of drug-likeness (QED) is 0.734. The molecule has 0 bridgehead atoms. The summed E-state index contributed by atoms with van der Waals surface area (Å²) in [7, 11) is 0. The van der Waals surface area contributed by atoms with E-state index in [1.54, 1.807) is 48.5 Å². The number of amides is 3. The Kier molecular flexibility index (Phi) is 4.76. The van der Waals surface area contributed by atoms with Crippen LogP contribution in [0, 0.1) is 0 Å². The summed E-state index contributed by atoms with van der Waals surface area (Å²) in [6.45, 7) is -0.144. The van der Waals surface area contributed by atoms with Crippen LogP contribution in [0.5, 0.6) is 0 Å². The number of hydrogen-bond acceptors (Lipinski definition) is 5. The first-order valence-electron chi connectivity index (χ1n) is 9.02. The van der Waals surface area contributed by atoms with Gasteiger partial charge in [0.25, 0.3) is 17.7 Å². The van der Waals surface area contributed by atoms with Crippen molar-refractivity contribution < 1.29 is 14.4 Å². The van der Waals surface area contributed by atoms with Gasteiger partial charge in [-0.3, -0.25) is 24.8 Å². The van der Waals surface area contributed by atoms with E-state index in [2.05, 4.69) is 21.1 Å². The van der Waals surface area contributed by atoms with Gasteiger partial charge in [-0.05, 0) is 37.1 Å². The standard InChI is InChI=1S/C20H19N5O3/c26-17-12-21-18(24-25(17)14-6-2-1-3-7-14)20(28)23-16-9-5-4-8-15(16)19(27)22-13-10-11-13/h1-9,13H,10-12H2,(H,21,24)(H,22,27)(H,23,28). The van der Waals surface area contributed by atoms with E-state index in [9.17, 15) is 14.4 Å². The van der Waals surface area contributed by atoms with Gasteiger partial charge in [0.05, 0.1) is 16.9 Å². The van der Waals surface area contributed by atoms with E-state index in [0.29, 0.717) is 16.9 Å². The van der Waals surface area contributed by atoms with E-state index >= 15 is 0 Å². The molecule has 0 spiro atoms. The summed E-state index contributed by atoms with van der Waals surface area (Å²) >= 11 is 0. The molecule has 1 aliphatic heterocycles. The Balaban J connectivity index is 1.49. The van der Waals surface area contributed by atoms with Crippen molar-refractivity contribution in [3.63, 3.8) is 0 Å². The summed E-state index contributed by atoms with van der Waals surface area (Å²) in [5, 5.41) is 6.90. The molecule has 1 fully saturated rings. The zero-order chi connectivity index (χ0) is 19.5. The Bertz CT molecular complexity index is 953. The van der Waals surface area contributed by atoms with Crippen molar-refractivity contribution in [2.75, 3.05) is 16.9 Å². The number of para-hydroxylation sites is 2. The molecule has 2 aliphatic rings. The average Bonchev–Trinajstić information content (AvgIpc) is 3.53. The van der Waals surface area contributed by atoms with E-state index in [4.69, 9.17) is 0 Å². The molecular weight excluding hydrogens is 358 g/mol. The van der Waals surface area contributed by atoms with Crippen molar-refractivity contribution >= 4 is 34.9 Å². The molecule has 1 heterocycles. The highest BCUT2D eigenvalue weighted by Gasteiger charge is 2.27. The van der Waals surface area contributed by atoms with Gasteiger partial charge in [-0.25, -0.2) is 5.01 Å². The largest absolute Gasteiger partial charge is 0.349 e. The zero-order valence-corrected chi connectivity index (χ0v) is 15.0. The summed E-state index contributed by atoms with van der Waals surface area (Å²) in [6, 6.07) is 15.9. The highest BCUT2D eigenvalue weighted by molar-refractivity contribution is 6.43. The van der Waals surface area contributed by atoms with Gasteiger partial charge in [0.1, 0.15) is 6.54 Å². The van der Waals surface area contributed by atoms with Crippen LogP contribution in [0.1, 0.15) is 23.2 Å². The van der Waals surface area contributed by atoms with Crippen molar-refractivity contribution in [1.82, 2.24) is 10.7 Å². The molecule has 28 heavy (non-hydrogen) atoms. The molecule has 8 heteroatoms. The van der Waals surface area contributed by atoms with Crippen LogP contribution in [-0.2, 0) is 9.59 Å². The molecule has 2 aromatic carbocycles. The summed E-state index contributed by atoms with van der Waals surface area (Å²) < 4.78 is 0. The molecule has 142 valence electrons. The fourth-order valence-corrected chi connectivity index (χ4v) is 2.79. The number of hydrogen-bond donors (Lipinski definition) is 3. The van der Waals surface area contributed by atoms with Crippen LogP contribution in [0.15, 0.2) is 59.6 Å². The maximum atomic E-state index is 12.7. The fraction of sp³-hybridized carbons (Fsp3) is 0.200. The van der Waals surface area contributed by atoms with Crippen LogP contribution in [0.2, 0.25) is 0 Å². The van der Waals surface area contributed by atoms with Gasteiger partial charge >= 0.3 is 0 Å². The topological polar surface area (TPSA) is 103 Å². The Morgan fingerprint density at radius 2 is 1.71 bits per heavy atom. The first-order chi connectivity index (χ1) is 13.6. The third-order valence-corrected chi connectivity index (χ3v) is 4.40. The molecule has 4 rings (SSSR count). The lowest BCUT2D eigenvalue weighted by Gasteiger charge is -2.27. The number of hydrazine groups is 1. The number of anilines is 2.